The minimum absolute atomic E-state index is 0.0607. The second-order valence-corrected chi connectivity index (χ2v) is 10.1. The van der Waals surface area contributed by atoms with Crippen molar-refractivity contribution in [3.05, 3.63) is 44.4 Å². The zero-order chi connectivity index (χ0) is 21.2. The maximum absolute atomic E-state index is 12.9. The monoisotopic (exact) mass is 439 g/mol. The van der Waals surface area contributed by atoms with Crippen molar-refractivity contribution < 1.29 is 13.3 Å². The molecule has 0 radical (unpaired) electrons. The minimum Gasteiger partial charge on any atom is -0.371 e. The molecule has 0 aliphatic carbocycles. The molecule has 1 aromatic carbocycles. The number of thiazole rings is 1. The number of nitrogens with one attached hydrogen (secondary N) is 1. The summed E-state index contributed by atoms with van der Waals surface area (Å²) in [5.41, 5.74) is 0.00685. The van der Waals surface area contributed by atoms with Gasteiger partial charge in [-0.3, -0.25) is 10.1 Å². The van der Waals surface area contributed by atoms with Gasteiger partial charge in [-0.2, -0.15) is 4.31 Å². The van der Waals surface area contributed by atoms with E-state index in [0.29, 0.717) is 26.2 Å². The average molecular weight is 440 g/mol. The lowest BCUT2D eigenvalue weighted by Crippen LogP contribution is -2.47. The van der Waals surface area contributed by atoms with Crippen molar-refractivity contribution >= 4 is 32.7 Å². The first kappa shape index (κ1) is 21.6. The van der Waals surface area contributed by atoms with E-state index in [-0.39, 0.29) is 22.3 Å². The fourth-order valence-electron chi connectivity index (χ4n) is 3.10. The van der Waals surface area contributed by atoms with Gasteiger partial charge in [0.2, 0.25) is 10.0 Å². The second-order valence-electron chi connectivity index (χ2n) is 7.03. The molecule has 1 N–H and O–H groups in total. The van der Waals surface area contributed by atoms with Crippen LogP contribution < -0.4 is 5.32 Å². The summed E-state index contributed by atoms with van der Waals surface area (Å²) >= 11 is 1.55. The first-order valence-electron chi connectivity index (χ1n) is 9.40. The molecular formula is C18H25N5O4S2. The van der Waals surface area contributed by atoms with Crippen molar-refractivity contribution in [2.75, 3.05) is 38.5 Å². The summed E-state index contributed by atoms with van der Waals surface area (Å²) in [5, 5.41) is 15.6. The van der Waals surface area contributed by atoms with Crippen LogP contribution in [0.25, 0.3) is 0 Å². The summed E-state index contributed by atoms with van der Waals surface area (Å²) < 4.78 is 27.2. The van der Waals surface area contributed by atoms with Gasteiger partial charge in [-0.1, -0.05) is 6.92 Å². The Bertz CT molecular complexity index is 984. The third kappa shape index (κ3) is 4.74. The molecule has 0 amide bonds. The van der Waals surface area contributed by atoms with Crippen LogP contribution in [-0.2, 0) is 16.4 Å². The van der Waals surface area contributed by atoms with Crippen LogP contribution in [0.4, 0.5) is 11.4 Å². The SMILES string of the molecule is CCc1cnc(C(C)Nc2ccc(S(=O)(=O)N3CCN(C)CC3)cc2[N+](=O)[O-])s1. The molecule has 1 unspecified atom stereocenters. The number of hydrogen-bond donors (Lipinski definition) is 1. The molecule has 1 aromatic heterocycles. The van der Waals surface area contributed by atoms with Crippen LogP contribution in [0, 0.1) is 10.1 Å². The number of piperazine rings is 1. The van der Waals surface area contributed by atoms with Gasteiger partial charge in [0.1, 0.15) is 10.7 Å². The maximum Gasteiger partial charge on any atom is 0.293 e. The minimum atomic E-state index is -3.77. The number of nitro groups is 1. The molecule has 3 rings (SSSR count). The summed E-state index contributed by atoms with van der Waals surface area (Å²) in [7, 11) is -1.84. The van der Waals surface area contributed by atoms with Gasteiger partial charge in [0.05, 0.1) is 15.9 Å². The van der Waals surface area contributed by atoms with Crippen LogP contribution in [0.15, 0.2) is 29.3 Å². The number of hydrogen-bond acceptors (Lipinski definition) is 8. The molecule has 0 bridgehead atoms. The number of nitro benzene ring substituents is 1. The third-order valence-electron chi connectivity index (χ3n) is 4.93. The number of likely N-dealkylation sites (N-methyl/N-ethyl adjacent to an activating group) is 1. The zero-order valence-electron chi connectivity index (χ0n) is 16.7. The summed E-state index contributed by atoms with van der Waals surface area (Å²) in [5.74, 6) is 0. The van der Waals surface area contributed by atoms with E-state index in [0.717, 1.165) is 22.4 Å². The van der Waals surface area contributed by atoms with E-state index in [2.05, 4.69) is 10.3 Å². The Balaban J connectivity index is 1.86. The first-order valence-corrected chi connectivity index (χ1v) is 11.7. The van der Waals surface area contributed by atoms with E-state index in [1.165, 1.54) is 16.4 Å². The molecular weight excluding hydrogens is 414 g/mol. The summed E-state index contributed by atoms with van der Waals surface area (Å²) in [4.78, 5) is 18.6. The van der Waals surface area contributed by atoms with E-state index in [4.69, 9.17) is 0 Å². The Morgan fingerprint density at radius 2 is 2.00 bits per heavy atom. The molecule has 1 saturated heterocycles. The zero-order valence-corrected chi connectivity index (χ0v) is 18.3. The molecule has 1 aliphatic heterocycles. The fourth-order valence-corrected chi connectivity index (χ4v) is 5.41. The molecule has 2 aromatic rings. The van der Waals surface area contributed by atoms with Crippen LogP contribution in [-0.4, -0.2) is 60.8 Å². The molecule has 0 saturated carbocycles. The fraction of sp³-hybridized carbons (Fsp3) is 0.500. The number of nitrogens with zero attached hydrogens (tertiary/aromatic N) is 4. The number of anilines is 1. The van der Waals surface area contributed by atoms with Gasteiger partial charge in [0.15, 0.2) is 0 Å². The van der Waals surface area contributed by atoms with E-state index >= 15 is 0 Å². The van der Waals surface area contributed by atoms with E-state index in [9.17, 15) is 18.5 Å². The Kier molecular flexibility index (Phi) is 6.52. The molecule has 2 heterocycles. The van der Waals surface area contributed by atoms with Gasteiger partial charge in [-0.25, -0.2) is 13.4 Å². The van der Waals surface area contributed by atoms with Gasteiger partial charge in [-0.05, 0) is 32.5 Å². The summed E-state index contributed by atoms with van der Waals surface area (Å²) in [6, 6.07) is 3.79. The van der Waals surface area contributed by atoms with Crippen molar-refractivity contribution in [3.63, 3.8) is 0 Å². The number of aromatic nitrogens is 1. The van der Waals surface area contributed by atoms with Crippen molar-refractivity contribution in [1.29, 1.82) is 0 Å². The normalized spacial score (nSPS) is 17.2. The first-order chi connectivity index (χ1) is 13.7. The number of aryl methyl sites for hydroxylation is 1. The highest BCUT2D eigenvalue weighted by Crippen LogP contribution is 2.32. The smallest absolute Gasteiger partial charge is 0.293 e. The van der Waals surface area contributed by atoms with Crippen molar-refractivity contribution in [2.45, 2.75) is 31.2 Å². The van der Waals surface area contributed by atoms with E-state index in [1.54, 1.807) is 17.5 Å². The largest absolute Gasteiger partial charge is 0.371 e. The number of sulfonamides is 1. The summed E-state index contributed by atoms with van der Waals surface area (Å²) in [6.45, 7) is 5.91. The molecule has 9 nitrogen and oxygen atoms in total. The quantitative estimate of drug-likeness (QED) is 0.522. The van der Waals surface area contributed by atoms with Gasteiger partial charge in [-0.15, -0.1) is 11.3 Å². The maximum atomic E-state index is 12.9. The average Bonchev–Trinajstić information content (AvgIpc) is 3.18. The second kappa shape index (κ2) is 8.74. The van der Waals surface area contributed by atoms with Gasteiger partial charge >= 0.3 is 0 Å². The highest BCUT2D eigenvalue weighted by molar-refractivity contribution is 7.89. The van der Waals surface area contributed by atoms with Gasteiger partial charge < -0.3 is 10.2 Å². The van der Waals surface area contributed by atoms with Crippen LogP contribution in [0.5, 0.6) is 0 Å². The molecule has 158 valence electrons. The Morgan fingerprint density at radius 1 is 1.31 bits per heavy atom. The van der Waals surface area contributed by atoms with Crippen LogP contribution in [0.2, 0.25) is 0 Å². The lowest BCUT2D eigenvalue weighted by Gasteiger charge is -2.31. The van der Waals surface area contributed by atoms with E-state index in [1.807, 2.05) is 25.8 Å². The molecule has 1 fully saturated rings. The third-order valence-corrected chi connectivity index (χ3v) is 8.15. The highest BCUT2D eigenvalue weighted by Gasteiger charge is 2.30. The predicted octanol–water partition coefficient (Wildman–Crippen LogP) is 2.72. The van der Waals surface area contributed by atoms with Gasteiger partial charge in [0.25, 0.3) is 5.69 Å². The Hall–Kier alpha value is -2.08. The molecule has 29 heavy (non-hydrogen) atoms. The highest BCUT2D eigenvalue weighted by atomic mass is 32.2. The molecule has 11 heteroatoms. The van der Waals surface area contributed by atoms with Crippen LogP contribution in [0.1, 0.15) is 29.8 Å². The van der Waals surface area contributed by atoms with Crippen LogP contribution >= 0.6 is 11.3 Å². The lowest BCUT2D eigenvalue weighted by molar-refractivity contribution is -0.384. The number of rotatable bonds is 7. The Labute approximate surface area is 174 Å². The van der Waals surface area contributed by atoms with Crippen molar-refractivity contribution in [1.82, 2.24) is 14.2 Å². The van der Waals surface area contributed by atoms with Crippen LogP contribution in [0.3, 0.4) is 0 Å². The topological polar surface area (TPSA) is 109 Å². The van der Waals surface area contributed by atoms with E-state index < -0.39 is 14.9 Å². The number of benzene rings is 1. The van der Waals surface area contributed by atoms with Gasteiger partial charge in [0, 0.05) is 43.3 Å². The molecule has 0 spiro atoms. The van der Waals surface area contributed by atoms with Crippen molar-refractivity contribution in [3.8, 4) is 0 Å². The molecule has 1 atom stereocenters. The Morgan fingerprint density at radius 3 is 2.59 bits per heavy atom. The summed E-state index contributed by atoms with van der Waals surface area (Å²) in [6.07, 6.45) is 2.68. The lowest BCUT2D eigenvalue weighted by atomic mass is 10.2. The van der Waals surface area contributed by atoms with Crippen molar-refractivity contribution in [2.24, 2.45) is 0 Å². The molecule has 1 aliphatic rings. The standard InChI is InChI=1S/C18H25N5O4S2/c1-4-14-12-19-18(28-14)13(2)20-16-6-5-15(11-17(16)23(24)25)29(26,27)22-9-7-21(3)8-10-22/h5-6,11-13,20H,4,7-10H2,1-3H3. The predicted molar refractivity (Wildman–Crippen MR) is 113 cm³/mol.